The number of carbonyl (C=O) groups excluding carboxylic acids is 1. The van der Waals surface area contributed by atoms with Crippen LogP contribution in [0.15, 0.2) is 12.2 Å². The monoisotopic (exact) mass is 140 g/mol. The van der Waals surface area contributed by atoms with Gasteiger partial charge in [-0.25, -0.2) is 0 Å². The highest BCUT2D eigenvalue weighted by Crippen LogP contribution is 2.08. The van der Waals surface area contributed by atoms with Gasteiger partial charge >= 0.3 is 0 Å². The molecule has 56 valence electrons. The van der Waals surface area contributed by atoms with Gasteiger partial charge in [0.1, 0.15) is 5.78 Å². The van der Waals surface area contributed by atoms with Gasteiger partial charge in [-0.2, -0.15) is 0 Å². The molecule has 0 saturated carbocycles. The van der Waals surface area contributed by atoms with Crippen LogP contribution in [0.5, 0.6) is 0 Å². The van der Waals surface area contributed by atoms with E-state index in [2.05, 4.69) is 0 Å². The summed E-state index contributed by atoms with van der Waals surface area (Å²) in [6, 6.07) is 0. The van der Waals surface area contributed by atoms with Crippen LogP contribution in [0.25, 0.3) is 0 Å². The number of hydrogen-bond acceptors (Lipinski definition) is 2. The summed E-state index contributed by atoms with van der Waals surface area (Å²) in [5.74, 6) is 0.281. The fourth-order valence-corrected chi connectivity index (χ4v) is 1.06. The first-order valence-corrected chi connectivity index (χ1v) is 3.65. The van der Waals surface area contributed by atoms with Gasteiger partial charge in [-0.15, -0.1) is 0 Å². The lowest BCUT2D eigenvalue weighted by Gasteiger charge is -2.07. The second kappa shape index (κ2) is 3.52. The summed E-state index contributed by atoms with van der Waals surface area (Å²) in [6.07, 6.45) is 5.81. The van der Waals surface area contributed by atoms with E-state index in [4.69, 9.17) is 5.11 Å². The Labute approximate surface area is 60.6 Å². The van der Waals surface area contributed by atoms with E-state index in [0.29, 0.717) is 12.8 Å². The maximum absolute atomic E-state index is 10.8. The molecule has 2 heteroatoms. The van der Waals surface area contributed by atoms with E-state index >= 15 is 0 Å². The first-order valence-electron chi connectivity index (χ1n) is 3.65. The Morgan fingerprint density at radius 1 is 1.60 bits per heavy atom. The predicted octanol–water partition coefficient (Wildman–Crippen LogP) is 1.05. The quantitative estimate of drug-likeness (QED) is 0.510. The Morgan fingerprint density at radius 3 is 3.20 bits per heavy atom. The fourth-order valence-electron chi connectivity index (χ4n) is 1.06. The van der Waals surface area contributed by atoms with Gasteiger partial charge in [-0.1, -0.05) is 12.2 Å². The molecule has 0 aromatic rings. The third kappa shape index (κ3) is 2.31. The van der Waals surface area contributed by atoms with Crippen LogP contribution in [0.1, 0.15) is 25.7 Å². The third-order valence-electron chi connectivity index (χ3n) is 1.66. The number of rotatable bonds is 0. The Bertz CT molecular complexity index is 149. The van der Waals surface area contributed by atoms with Crippen LogP contribution in [0.2, 0.25) is 0 Å². The van der Waals surface area contributed by atoms with Crippen molar-refractivity contribution in [2.75, 3.05) is 0 Å². The molecule has 0 heterocycles. The van der Waals surface area contributed by atoms with Crippen LogP contribution in [-0.4, -0.2) is 17.0 Å². The Balaban J connectivity index is 2.45. The van der Waals surface area contributed by atoms with Gasteiger partial charge in [-0.05, 0) is 12.8 Å². The zero-order chi connectivity index (χ0) is 7.40. The molecule has 2 nitrogen and oxygen atoms in total. The van der Waals surface area contributed by atoms with Crippen molar-refractivity contribution in [1.29, 1.82) is 0 Å². The van der Waals surface area contributed by atoms with Crippen molar-refractivity contribution in [3.63, 3.8) is 0 Å². The molecular formula is C8H12O2. The minimum absolute atomic E-state index is 0.281. The standard InChI is InChI=1S/C8H12O2/c9-7-3-1-4-8(10)6-2-5-7/h1,3,7,9H,2,4-6H2/b3-1+. The first-order chi connectivity index (χ1) is 4.79. The molecule has 0 aromatic heterocycles. The van der Waals surface area contributed by atoms with E-state index in [1.165, 1.54) is 0 Å². The maximum atomic E-state index is 10.8. The second-order valence-corrected chi connectivity index (χ2v) is 2.63. The van der Waals surface area contributed by atoms with Crippen LogP contribution in [-0.2, 0) is 4.79 Å². The molecule has 0 bridgehead atoms. The molecule has 10 heavy (non-hydrogen) atoms. The first kappa shape index (κ1) is 7.48. The highest BCUT2D eigenvalue weighted by molar-refractivity contribution is 5.79. The van der Waals surface area contributed by atoms with Gasteiger partial charge < -0.3 is 5.11 Å². The van der Waals surface area contributed by atoms with Crippen LogP contribution in [0.4, 0.5) is 0 Å². The third-order valence-corrected chi connectivity index (χ3v) is 1.66. The van der Waals surface area contributed by atoms with Crippen molar-refractivity contribution >= 4 is 5.78 Å². The van der Waals surface area contributed by atoms with Gasteiger partial charge in [0.2, 0.25) is 0 Å². The second-order valence-electron chi connectivity index (χ2n) is 2.63. The molecule has 0 aromatic carbocycles. The molecule has 0 saturated heterocycles. The normalized spacial score (nSPS) is 30.9. The van der Waals surface area contributed by atoms with Crippen LogP contribution in [0, 0.1) is 0 Å². The summed E-state index contributed by atoms with van der Waals surface area (Å²) >= 11 is 0. The van der Waals surface area contributed by atoms with E-state index in [-0.39, 0.29) is 11.9 Å². The molecule has 1 aliphatic rings. The van der Waals surface area contributed by atoms with Gasteiger partial charge in [0, 0.05) is 12.8 Å². The Hall–Kier alpha value is -0.630. The van der Waals surface area contributed by atoms with Crippen molar-refractivity contribution < 1.29 is 9.90 Å². The van der Waals surface area contributed by atoms with Crippen molar-refractivity contribution in [2.45, 2.75) is 31.8 Å². The summed E-state index contributed by atoms with van der Waals surface area (Å²) in [4.78, 5) is 10.8. The van der Waals surface area contributed by atoms with E-state index in [1.807, 2.05) is 0 Å². The van der Waals surface area contributed by atoms with Crippen LogP contribution in [0.3, 0.4) is 0 Å². The van der Waals surface area contributed by atoms with Crippen molar-refractivity contribution in [2.24, 2.45) is 0 Å². The summed E-state index contributed by atoms with van der Waals surface area (Å²) in [5, 5.41) is 9.10. The molecule has 1 unspecified atom stereocenters. The van der Waals surface area contributed by atoms with E-state index in [9.17, 15) is 4.79 Å². The molecule has 0 amide bonds. The van der Waals surface area contributed by atoms with Crippen molar-refractivity contribution in [3.8, 4) is 0 Å². The fraction of sp³-hybridized carbons (Fsp3) is 0.625. The Morgan fingerprint density at radius 2 is 2.40 bits per heavy atom. The van der Waals surface area contributed by atoms with Crippen molar-refractivity contribution in [1.82, 2.24) is 0 Å². The van der Waals surface area contributed by atoms with Gasteiger partial charge in [0.05, 0.1) is 6.10 Å². The summed E-state index contributed by atoms with van der Waals surface area (Å²) in [5.41, 5.74) is 0. The van der Waals surface area contributed by atoms with Crippen LogP contribution >= 0.6 is 0 Å². The lowest BCUT2D eigenvalue weighted by molar-refractivity contribution is -0.118. The predicted molar refractivity (Wildman–Crippen MR) is 38.6 cm³/mol. The average molecular weight is 140 g/mol. The zero-order valence-corrected chi connectivity index (χ0v) is 5.92. The number of Topliss-reactive ketones (excluding diaryl/α,β-unsaturated/α-hetero) is 1. The zero-order valence-electron chi connectivity index (χ0n) is 5.92. The van der Waals surface area contributed by atoms with Crippen molar-refractivity contribution in [3.05, 3.63) is 12.2 Å². The number of aliphatic hydroxyl groups excluding tert-OH is 1. The molecule has 0 fully saturated rings. The topological polar surface area (TPSA) is 37.3 Å². The number of hydrogen-bond donors (Lipinski definition) is 1. The molecule has 1 rings (SSSR count). The molecular weight excluding hydrogens is 128 g/mol. The molecule has 1 aliphatic carbocycles. The summed E-state index contributed by atoms with van der Waals surface area (Å²) < 4.78 is 0. The number of allylic oxidation sites excluding steroid dienone is 1. The lowest BCUT2D eigenvalue weighted by Crippen LogP contribution is -2.07. The minimum atomic E-state index is -0.326. The van der Waals surface area contributed by atoms with Gasteiger partial charge in [0.15, 0.2) is 0 Å². The summed E-state index contributed by atoms with van der Waals surface area (Å²) in [6.45, 7) is 0. The highest BCUT2D eigenvalue weighted by atomic mass is 16.3. The Kier molecular flexibility index (Phi) is 2.63. The molecule has 1 atom stereocenters. The average Bonchev–Trinajstić information content (AvgIpc) is 1.84. The molecule has 1 N–H and O–H groups in total. The number of ketones is 1. The van der Waals surface area contributed by atoms with Gasteiger partial charge in [0.25, 0.3) is 0 Å². The SMILES string of the molecule is O=C1C/C=C/C(O)CCC1. The number of carbonyl (C=O) groups is 1. The van der Waals surface area contributed by atoms with E-state index in [0.717, 1.165) is 12.8 Å². The highest BCUT2D eigenvalue weighted by Gasteiger charge is 2.06. The van der Waals surface area contributed by atoms with Gasteiger partial charge in [-0.3, -0.25) is 4.79 Å². The number of aliphatic hydroxyl groups is 1. The largest absolute Gasteiger partial charge is 0.389 e. The van der Waals surface area contributed by atoms with E-state index < -0.39 is 0 Å². The van der Waals surface area contributed by atoms with Crippen LogP contribution < -0.4 is 0 Å². The molecule has 0 radical (unpaired) electrons. The lowest BCUT2D eigenvalue weighted by atomic mass is 10.0. The van der Waals surface area contributed by atoms with E-state index in [1.54, 1.807) is 12.2 Å². The molecule has 0 aliphatic heterocycles. The smallest absolute Gasteiger partial charge is 0.136 e. The maximum Gasteiger partial charge on any atom is 0.136 e. The molecule has 0 spiro atoms. The minimum Gasteiger partial charge on any atom is -0.389 e. The summed E-state index contributed by atoms with van der Waals surface area (Å²) in [7, 11) is 0.